The van der Waals surface area contributed by atoms with E-state index in [1.165, 1.54) is 20.4 Å². The number of nitrogens with zero attached hydrogens (tertiary/aromatic N) is 1. The minimum absolute atomic E-state index is 0.209. The Balaban J connectivity index is 1.55. The number of unbranched alkanes of at least 4 members (excludes halogenated alkanes) is 1. The fourth-order valence-corrected chi connectivity index (χ4v) is 3.11. The Morgan fingerprint density at radius 2 is 1.55 bits per heavy atom. The molecule has 10 nitrogen and oxygen atoms in total. The van der Waals surface area contributed by atoms with E-state index < -0.39 is 17.8 Å². The first-order valence-electron chi connectivity index (χ1n) is 11.8. The normalized spacial score (nSPS) is 10.5. The highest BCUT2D eigenvalue weighted by Gasteiger charge is 2.14. The quantitative estimate of drug-likeness (QED) is 0.0972. The molecule has 3 rings (SSSR count). The Kier molecular flexibility index (Phi) is 10.2. The molecule has 0 aliphatic rings. The molecule has 0 aliphatic carbocycles. The highest BCUT2D eigenvalue weighted by molar-refractivity contribution is 6.39. The maximum Gasteiger partial charge on any atom is 0.343 e. The lowest BCUT2D eigenvalue weighted by molar-refractivity contribution is -0.136. The fraction of sp³-hybridized carbons (Fsp3) is 0.214. The number of nitrogens with one attached hydrogen (secondary N) is 2. The topological polar surface area (TPSA) is 125 Å². The summed E-state index contributed by atoms with van der Waals surface area (Å²) >= 11 is 0. The summed E-state index contributed by atoms with van der Waals surface area (Å²) in [5.74, 6) is -0.591. The monoisotopic (exact) mass is 519 g/mol. The Morgan fingerprint density at radius 1 is 0.842 bits per heavy atom. The molecule has 2 amide bonds. The number of methoxy groups -OCH3 is 2. The Hall–Kier alpha value is -4.86. The number of anilines is 1. The Bertz CT molecular complexity index is 1270. The van der Waals surface area contributed by atoms with Crippen molar-refractivity contribution in [1.82, 2.24) is 5.43 Å². The highest BCUT2D eigenvalue weighted by atomic mass is 16.6. The Morgan fingerprint density at radius 3 is 2.21 bits per heavy atom. The zero-order chi connectivity index (χ0) is 27.3. The lowest BCUT2D eigenvalue weighted by atomic mass is 10.2. The van der Waals surface area contributed by atoms with E-state index in [9.17, 15) is 14.4 Å². The molecular weight excluding hydrogens is 490 g/mol. The van der Waals surface area contributed by atoms with Gasteiger partial charge in [-0.1, -0.05) is 13.3 Å². The second-order valence-electron chi connectivity index (χ2n) is 7.91. The van der Waals surface area contributed by atoms with Gasteiger partial charge in [0, 0.05) is 5.69 Å². The molecule has 0 aromatic heterocycles. The zero-order valence-corrected chi connectivity index (χ0v) is 21.4. The molecule has 0 unspecified atom stereocenters. The van der Waals surface area contributed by atoms with Gasteiger partial charge in [-0.3, -0.25) is 9.59 Å². The molecule has 3 aromatic carbocycles. The molecule has 10 heteroatoms. The third-order valence-corrected chi connectivity index (χ3v) is 5.18. The van der Waals surface area contributed by atoms with Crippen LogP contribution in [0.25, 0.3) is 0 Å². The molecule has 2 N–H and O–H groups in total. The van der Waals surface area contributed by atoms with Gasteiger partial charge >= 0.3 is 17.8 Å². The van der Waals surface area contributed by atoms with Gasteiger partial charge in [0.05, 0.1) is 32.6 Å². The first-order valence-corrected chi connectivity index (χ1v) is 11.8. The van der Waals surface area contributed by atoms with Crippen LogP contribution in [-0.2, 0) is 9.59 Å². The SMILES string of the molecule is CCCCOc1ccc(C(=O)Oc2ccc(/C=N\NC(=O)C(=O)Nc3ccc(OC)cc3)cc2OC)cc1. The second-order valence-corrected chi connectivity index (χ2v) is 7.91. The summed E-state index contributed by atoms with van der Waals surface area (Å²) in [6, 6.07) is 17.9. The van der Waals surface area contributed by atoms with Crippen molar-refractivity contribution in [3.8, 4) is 23.0 Å². The van der Waals surface area contributed by atoms with Crippen molar-refractivity contribution < 1.29 is 33.3 Å². The van der Waals surface area contributed by atoms with Crippen molar-refractivity contribution in [2.24, 2.45) is 5.10 Å². The van der Waals surface area contributed by atoms with Crippen molar-refractivity contribution in [2.75, 3.05) is 26.1 Å². The van der Waals surface area contributed by atoms with Gasteiger partial charge in [-0.05, 0) is 78.7 Å². The lowest BCUT2D eigenvalue weighted by Gasteiger charge is -2.10. The summed E-state index contributed by atoms with van der Waals surface area (Å²) in [5.41, 5.74) is 3.48. The Labute approximate surface area is 220 Å². The minimum Gasteiger partial charge on any atom is -0.497 e. The summed E-state index contributed by atoms with van der Waals surface area (Å²) in [6.45, 7) is 2.70. The molecule has 38 heavy (non-hydrogen) atoms. The lowest BCUT2D eigenvalue weighted by Crippen LogP contribution is -2.32. The zero-order valence-electron chi connectivity index (χ0n) is 21.4. The molecule has 0 saturated carbocycles. The van der Waals surface area contributed by atoms with E-state index in [0.29, 0.717) is 34.9 Å². The average Bonchev–Trinajstić information content (AvgIpc) is 2.94. The van der Waals surface area contributed by atoms with Gasteiger partial charge in [-0.15, -0.1) is 0 Å². The van der Waals surface area contributed by atoms with Crippen LogP contribution in [0.15, 0.2) is 71.8 Å². The van der Waals surface area contributed by atoms with E-state index in [1.807, 2.05) is 0 Å². The van der Waals surface area contributed by atoms with E-state index in [1.54, 1.807) is 66.7 Å². The predicted molar refractivity (Wildman–Crippen MR) is 142 cm³/mol. The van der Waals surface area contributed by atoms with Crippen molar-refractivity contribution >= 4 is 29.7 Å². The molecule has 0 bridgehead atoms. The average molecular weight is 520 g/mol. The van der Waals surface area contributed by atoms with Crippen molar-refractivity contribution in [1.29, 1.82) is 0 Å². The van der Waals surface area contributed by atoms with Crippen LogP contribution in [0.4, 0.5) is 5.69 Å². The number of benzene rings is 3. The van der Waals surface area contributed by atoms with Gasteiger partial charge in [0.2, 0.25) is 0 Å². The first kappa shape index (κ1) is 27.7. The van der Waals surface area contributed by atoms with Crippen molar-refractivity contribution in [2.45, 2.75) is 19.8 Å². The molecule has 0 heterocycles. The van der Waals surface area contributed by atoms with Gasteiger partial charge in [0.15, 0.2) is 11.5 Å². The van der Waals surface area contributed by atoms with Crippen LogP contribution in [0.2, 0.25) is 0 Å². The second kappa shape index (κ2) is 14.0. The summed E-state index contributed by atoms with van der Waals surface area (Å²) < 4.78 is 21.5. The number of carbonyl (C=O) groups is 3. The molecule has 3 aromatic rings. The maximum atomic E-state index is 12.6. The van der Waals surface area contributed by atoms with Crippen molar-refractivity contribution in [3.05, 3.63) is 77.9 Å². The number of amides is 2. The van der Waals surface area contributed by atoms with Crippen LogP contribution in [0.1, 0.15) is 35.7 Å². The van der Waals surface area contributed by atoms with Gasteiger partial charge in [-0.2, -0.15) is 5.10 Å². The molecule has 0 aliphatic heterocycles. The largest absolute Gasteiger partial charge is 0.497 e. The first-order chi connectivity index (χ1) is 18.4. The fourth-order valence-electron chi connectivity index (χ4n) is 3.11. The van der Waals surface area contributed by atoms with Gasteiger partial charge < -0.3 is 24.3 Å². The number of esters is 1. The van der Waals surface area contributed by atoms with E-state index in [4.69, 9.17) is 18.9 Å². The van der Waals surface area contributed by atoms with E-state index in [0.717, 1.165) is 12.8 Å². The maximum absolute atomic E-state index is 12.6. The number of hydrogen-bond acceptors (Lipinski definition) is 8. The van der Waals surface area contributed by atoms with E-state index in [-0.39, 0.29) is 11.5 Å². The van der Waals surface area contributed by atoms with Gasteiger partial charge in [0.1, 0.15) is 11.5 Å². The van der Waals surface area contributed by atoms with Crippen LogP contribution in [0.3, 0.4) is 0 Å². The number of hydrogen-bond donors (Lipinski definition) is 2. The highest BCUT2D eigenvalue weighted by Crippen LogP contribution is 2.28. The number of ether oxygens (including phenoxy) is 4. The molecule has 198 valence electrons. The summed E-state index contributed by atoms with van der Waals surface area (Å²) in [5, 5.41) is 6.26. The van der Waals surface area contributed by atoms with Crippen LogP contribution >= 0.6 is 0 Å². The smallest absolute Gasteiger partial charge is 0.343 e. The minimum atomic E-state index is -0.948. The number of hydrazone groups is 1. The molecule has 0 saturated heterocycles. The van der Waals surface area contributed by atoms with E-state index >= 15 is 0 Å². The van der Waals surface area contributed by atoms with E-state index in [2.05, 4.69) is 22.8 Å². The van der Waals surface area contributed by atoms with Gasteiger partial charge in [0.25, 0.3) is 0 Å². The predicted octanol–water partition coefficient (Wildman–Crippen LogP) is 4.19. The van der Waals surface area contributed by atoms with Gasteiger partial charge in [-0.25, -0.2) is 10.2 Å². The molecular formula is C28H29N3O7. The third-order valence-electron chi connectivity index (χ3n) is 5.18. The molecule has 0 spiro atoms. The molecule has 0 radical (unpaired) electrons. The third kappa shape index (κ3) is 8.09. The van der Waals surface area contributed by atoms with Crippen LogP contribution < -0.4 is 29.7 Å². The summed E-state index contributed by atoms with van der Waals surface area (Å²) in [7, 11) is 2.96. The summed E-state index contributed by atoms with van der Waals surface area (Å²) in [6.07, 6.45) is 3.31. The number of carbonyl (C=O) groups excluding carboxylic acids is 3. The molecule has 0 atom stereocenters. The summed E-state index contributed by atoms with van der Waals surface area (Å²) in [4.78, 5) is 36.7. The van der Waals surface area contributed by atoms with Crippen molar-refractivity contribution in [3.63, 3.8) is 0 Å². The number of rotatable bonds is 11. The molecule has 0 fully saturated rings. The van der Waals surface area contributed by atoms with Crippen LogP contribution in [0.5, 0.6) is 23.0 Å². The standard InChI is InChI=1S/C28H29N3O7/c1-4-5-16-37-23-11-7-20(8-12-23)28(34)38-24-15-6-19(17-25(24)36-3)18-29-31-27(33)26(32)30-21-9-13-22(35-2)14-10-21/h6-15,17-18H,4-5,16H2,1-3H3,(H,30,32)(H,31,33)/b29-18-. The van der Waals surface area contributed by atoms with Crippen LogP contribution in [-0.4, -0.2) is 44.8 Å². The van der Waals surface area contributed by atoms with Crippen LogP contribution in [0, 0.1) is 0 Å².